The summed E-state index contributed by atoms with van der Waals surface area (Å²) in [5, 5.41) is 6.69. The third kappa shape index (κ3) is 3.54. The second-order valence-corrected chi connectivity index (χ2v) is 5.97. The van der Waals surface area contributed by atoms with E-state index in [1.807, 2.05) is 36.4 Å². The normalized spacial score (nSPS) is 12.0. The zero-order valence-electron chi connectivity index (χ0n) is 14.5. The fourth-order valence-electron chi connectivity index (χ4n) is 2.85. The maximum Gasteiger partial charge on any atom is 0.231 e. The first-order valence-electron chi connectivity index (χ1n) is 8.61. The van der Waals surface area contributed by atoms with Crippen molar-refractivity contribution in [2.24, 2.45) is 0 Å². The van der Waals surface area contributed by atoms with Gasteiger partial charge in [-0.25, -0.2) is 9.97 Å². The number of para-hydroxylation sites is 1. The summed E-state index contributed by atoms with van der Waals surface area (Å²) in [4.78, 5) is 8.61. The zero-order chi connectivity index (χ0) is 17.8. The number of hydrogen-bond acceptors (Lipinski definition) is 6. The van der Waals surface area contributed by atoms with Gasteiger partial charge in [0.15, 0.2) is 11.5 Å². The van der Waals surface area contributed by atoms with Crippen molar-refractivity contribution >= 4 is 17.3 Å². The highest BCUT2D eigenvalue weighted by molar-refractivity contribution is 5.62. The number of aryl methyl sites for hydroxylation is 1. The third-order valence-electron chi connectivity index (χ3n) is 4.24. The molecule has 2 N–H and O–H groups in total. The molecule has 0 saturated carbocycles. The molecule has 0 spiro atoms. The molecule has 3 aromatic rings. The molecule has 6 nitrogen and oxygen atoms in total. The molecule has 0 amide bonds. The number of fused-ring (bicyclic) bond motifs is 1. The molecule has 0 bridgehead atoms. The molecule has 0 aliphatic carbocycles. The Morgan fingerprint density at radius 2 is 1.81 bits per heavy atom. The van der Waals surface area contributed by atoms with Crippen molar-refractivity contribution in [3.8, 4) is 11.5 Å². The predicted molar refractivity (Wildman–Crippen MR) is 101 cm³/mol. The maximum atomic E-state index is 5.41. The number of rotatable bonds is 6. The van der Waals surface area contributed by atoms with E-state index in [4.69, 9.17) is 9.47 Å². The van der Waals surface area contributed by atoms with Crippen molar-refractivity contribution in [3.05, 3.63) is 66.0 Å². The quantitative estimate of drug-likeness (QED) is 0.698. The van der Waals surface area contributed by atoms with Crippen LogP contribution in [0, 0.1) is 0 Å². The maximum absolute atomic E-state index is 5.41. The van der Waals surface area contributed by atoms with E-state index in [0.29, 0.717) is 6.54 Å². The van der Waals surface area contributed by atoms with E-state index in [2.05, 4.69) is 39.7 Å². The van der Waals surface area contributed by atoms with Gasteiger partial charge in [-0.3, -0.25) is 0 Å². The molecule has 26 heavy (non-hydrogen) atoms. The van der Waals surface area contributed by atoms with Crippen LogP contribution in [0.5, 0.6) is 11.5 Å². The van der Waals surface area contributed by atoms with Crippen LogP contribution in [0.4, 0.5) is 17.3 Å². The highest BCUT2D eigenvalue weighted by Crippen LogP contribution is 2.32. The molecule has 1 aliphatic rings. The molecule has 132 valence electrons. The van der Waals surface area contributed by atoms with Crippen molar-refractivity contribution in [2.75, 3.05) is 17.4 Å². The first-order valence-corrected chi connectivity index (χ1v) is 8.61. The molecule has 0 saturated heterocycles. The van der Waals surface area contributed by atoms with Crippen LogP contribution in [-0.2, 0) is 13.0 Å². The van der Waals surface area contributed by atoms with Gasteiger partial charge < -0.3 is 20.1 Å². The first-order chi connectivity index (χ1) is 12.8. The lowest BCUT2D eigenvalue weighted by Gasteiger charge is -2.11. The van der Waals surface area contributed by atoms with E-state index in [9.17, 15) is 0 Å². The summed E-state index contributed by atoms with van der Waals surface area (Å²) in [6.45, 7) is 3.06. The van der Waals surface area contributed by atoms with E-state index in [0.717, 1.165) is 40.8 Å². The summed E-state index contributed by atoms with van der Waals surface area (Å²) in [7, 11) is 0. The van der Waals surface area contributed by atoms with Gasteiger partial charge in [0.25, 0.3) is 0 Å². The summed E-state index contributed by atoms with van der Waals surface area (Å²) in [5.41, 5.74) is 3.41. The van der Waals surface area contributed by atoms with Gasteiger partial charge in [-0.1, -0.05) is 31.2 Å². The van der Waals surface area contributed by atoms with Crippen molar-refractivity contribution in [1.82, 2.24) is 9.97 Å². The number of aromatic nitrogens is 2. The molecule has 0 fully saturated rings. The van der Waals surface area contributed by atoms with Crippen LogP contribution in [0.15, 0.2) is 54.9 Å². The Morgan fingerprint density at radius 1 is 0.962 bits per heavy atom. The minimum atomic E-state index is 0.284. The number of nitrogens with zero attached hydrogens (tertiary/aromatic N) is 2. The lowest BCUT2D eigenvalue weighted by Crippen LogP contribution is -2.03. The van der Waals surface area contributed by atoms with Crippen LogP contribution in [0.3, 0.4) is 0 Å². The molecule has 0 atom stereocenters. The fourth-order valence-corrected chi connectivity index (χ4v) is 2.85. The van der Waals surface area contributed by atoms with Crippen molar-refractivity contribution in [2.45, 2.75) is 19.9 Å². The molecule has 1 aliphatic heterocycles. The minimum absolute atomic E-state index is 0.284. The Labute approximate surface area is 152 Å². The number of nitrogens with one attached hydrogen (secondary N) is 2. The van der Waals surface area contributed by atoms with Crippen molar-refractivity contribution in [3.63, 3.8) is 0 Å². The van der Waals surface area contributed by atoms with Gasteiger partial charge in [-0.2, -0.15) is 0 Å². The number of benzene rings is 2. The Bertz CT molecular complexity index is 914. The van der Waals surface area contributed by atoms with E-state index < -0.39 is 0 Å². The number of ether oxygens (including phenoxy) is 2. The van der Waals surface area contributed by atoms with Gasteiger partial charge in [-0.05, 0) is 35.7 Å². The van der Waals surface area contributed by atoms with Crippen LogP contribution < -0.4 is 20.1 Å². The van der Waals surface area contributed by atoms with Crippen LogP contribution in [0.25, 0.3) is 0 Å². The molecular formula is C20H20N4O2. The first kappa shape index (κ1) is 16.2. The predicted octanol–water partition coefficient (Wildman–Crippen LogP) is 4.12. The summed E-state index contributed by atoms with van der Waals surface area (Å²) in [6.07, 6.45) is 2.52. The number of anilines is 3. The van der Waals surface area contributed by atoms with E-state index in [1.54, 1.807) is 6.33 Å². The Morgan fingerprint density at radius 3 is 2.73 bits per heavy atom. The second-order valence-electron chi connectivity index (χ2n) is 5.97. The van der Waals surface area contributed by atoms with Gasteiger partial charge in [-0.15, -0.1) is 0 Å². The molecule has 6 heteroatoms. The highest BCUT2D eigenvalue weighted by Gasteiger charge is 2.13. The van der Waals surface area contributed by atoms with Crippen LogP contribution >= 0.6 is 0 Å². The fraction of sp³-hybridized carbons (Fsp3) is 0.200. The Kier molecular flexibility index (Phi) is 4.55. The van der Waals surface area contributed by atoms with Crippen molar-refractivity contribution in [1.29, 1.82) is 0 Å². The smallest absolute Gasteiger partial charge is 0.231 e. The van der Waals surface area contributed by atoms with Crippen LogP contribution in [0.2, 0.25) is 0 Å². The monoisotopic (exact) mass is 348 g/mol. The van der Waals surface area contributed by atoms with Gasteiger partial charge >= 0.3 is 0 Å². The van der Waals surface area contributed by atoms with Crippen LogP contribution in [0.1, 0.15) is 18.1 Å². The average Bonchev–Trinajstić information content (AvgIpc) is 3.15. The van der Waals surface area contributed by atoms with Gasteiger partial charge in [0.05, 0.1) is 0 Å². The third-order valence-corrected chi connectivity index (χ3v) is 4.24. The van der Waals surface area contributed by atoms with Crippen molar-refractivity contribution < 1.29 is 9.47 Å². The molecular weight excluding hydrogens is 328 g/mol. The minimum Gasteiger partial charge on any atom is -0.454 e. The average molecular weight is 348 g/mol. The SMILES string of the molecule is CCc1ccccc1Nc1cc(NCc2ccc3c(c2)OCO3)ncn1. The topological polar surface area (TPSA) is 68.3 Å². The molecule has 1 aromatic heterocycles. The molecule has 2 heterocycles. The van der Waals surface area contributed by atoms with Gasteiger partial charge in [0, 0.05) is 18.3 Å². The lowest BCUT2D eigenvalue weighted by molar-refractivity contribution is 0.174. The van der Waals surface area contributed by atoms with E-state index in [1.165, 1.54) is 5.56 Å². The van der Waals surface area contributed by atoms with E-state index in [-0.39, 0.29) is 6.79 Å². The Hall–Kier alpha value is -3.28. The summed E-state index contributed by atoms with van der Waals surface area (Å²) in [6, 6.07) is 16.0. The molecule has 0 unspecified atom stereocenters. The molecule has 2 aromatic carbocycles. The highest BCUT2D eigenvalue weighted by atomic mass is 16.7. The Balaban J connectivity index is 1.44. The van der Waals surface area contributed by atoms with Gasteiger partial charge in [0.1, 0.15) is 18.0 Å². The largest absolute Gasteiger partial charge is 0.454 e. The standard InChI is InChI=1S/C20H20N4O2/c1-2-15-5-3-4-6-16(15)24-20-10-19(22-12-23-20)21-11-14-7-8-17-18(9-14)26-13-25-17/h3-10,12H,2,11,13H2,1H3,(H2,21,22,23,24). The van der Waals surface area contributed by atoms with Crippen LogP contribution in [-0.4, -0.2) is 16.8 Å². The summed E-state index contributed by atoms with van der Waals surface area (Å²) >= 11 is 0. The number of hydrogen-bond donors (Lipinski definition) is 2. The van der Waals surface area contributed by atoms with Gasteiger partial charge in [0.2, 0.25) is 6.79 Å². The molecule has 4 rings (SSSR count). The zero-order valence-corrected chi connectivity index (χ0v) is 14.5. The van der Waals surface area contributed by atoms with E-state index >= 15 is 0 Å². The summed E-state index contributed by atoms with van der Waals surface area (Å²) in [5.74, 6) is 3.09. The molecule has 0 radical (unpaired) electrons. The summed E-state index contributed by atoms with van der Waals surface area (Å²) < 4.78 is 10.7. The second kappa shape index (κ2) is 7.31. The lowest BCUT2D eigenvalue weighted by atomic mass is 10.1.